The van der Waals surface area contributed by atoms with Crippen molar-refractivity contribution >= 4 is 23.2 Å². The van der Waals surface area contributed by atoms with Gasteiger partial charge in [-0.2, -0.15) is 0 Å². The molecule has 5 heteroatoms. The third-order valence-electron chi connectivity index (χ3n) is 6.67. The molecule has 184 valence electrons. The van der Waals surface area contributed by atoms with E-state index >= 15 is 0 Å². The van der Waals surface area contributed by atoms with Gasteiger partial charge in [0.1, 0.15) is 11.5 Å². The summed E-state index contributed by atoms with van der Waals surface area (Å²) < 4.78 is 5.99. The number of hydrogen-bond donors (Lipinski definition) is 1. The van der Waals surface area contributed by atoms with Gasteiger partial charge in [0.05, 0.1) is 5.02 Å². The number of benzene rings is 3. The third-order valence-corrected chi connectivity index (χ3v) is 6.98. The van der Waals surface area contributed by atoms with E-state index in [2.05, 4.69) is 30.1 Å². The number of carbonyl (C=O) groups is 1. The SMILES string of the molecule is CCCN(C(=O)c1cccc(CNc2cc(Oc3ccccc3Cl)ccc2C)c1)C1CCCCC1. The zero-order chi connectivity index (χ0) is 24.6. The molecule has 1 saturated carbocycles. The van der Waals surface area contributed by atoms with Crippen LogP contribution in [0.2, 0.25) is 5.02 Å². The summed E-state index contributed by atoms with van der Waals surface area (Å²) in [6.07, 6.45) is 6.96. The Morgan fingerprint density at radius 2 is 1.83 bits per heavy atom. The summed E-state index contributed by atoms with van der Waals surface area (Å²) in [7, 11) is 0. The van der Waals surface area contributed by atoms with Crippen LogP contribution in [-0.2, 0) is 6.54 Å². The van der Waals surface area contributed by atoms with Gasteiger partial charge >= 0.3 is 0 Å². The van der Waals surface area contributed by atoms with Crippen molar-refractivity contribution in [3.05, 3.63) is 88.4 Å². The van der Waals surface area contributed by atoms with Crippen molar-refractivity contribution in [2.75, 3.05) is 11.9 Å². The standard InChI is InChI=1S/C30H35ClN2O2/c1-3-18-33(25-12-5-4-6-13-25)30(34)24-11-9-10-23(19-24)21-32-28-20-26(17-16-22(28)2)35-29-15-8-7-14-27(29)31/h7-11,14-17,19-20,25,32H,3-6,12-13,18,21H2,1-2H3. The summed E-state index contributed by atoms with van der Waals surface area (Å²) in [4.78, 5) is 15.6. The van der Waals surface area contributed by atoms with Gasteiger partial charge in [-0.15, -0.1) is 0 Å². The van der Waals surface area contributed by atoms with Crippen LogP contribution < -0.4 is 10.1 Å². The van der Waals surface area contributed by atoms with Gasteiger partial charge in [-0.05, 0) is 67.6 Å². The molecule has 1 aliphatic carbocycles. The maximum atomic E-state index is 13.4. The number of nitrogens with one attached hydrogen (secondary N) is 1. The van der Waals surface area contributed by atoms with E-state index in [9.17, 15) is 4.79 Å². The number of ether oxygens (including phenoxy) is 1. The summed E-state index contributed by atoms with van der Waals surface area (Å²) in [5.74, 6) is 1.51. The second kappa shape index (κ2) is 12.1. The highest BCUT2D eigenvalue weighted by atomic mass is 35.5. The molecule has 4 rings (SSSR count). The van der Waals surface area contributed by atoms with Crippen molar-refractivity contribution in [1.82, 2.24) is 4.90 Å². The van der Waals surface area contributed by atoms with Crippen LogP contribution in [0.3, 0.4) is 0 Å². The number of nitrogens with zero attached hydrogens (tertiary/aromatic N) is 1. The molecule has 0 spiro atoms. The van der Waals surface area contributed by atoms with Gasteiger partial charge in [-0.1, -0.05) is 68.1 Å². The Bertz CT molecular complexity index is 1140. The molecule has 0 bridgehead atoms. The van der Waals surface area contributed by atoms with E-state index in [1.807, 2.05) is 60.7 Å². The molecule has 1 amide bonds. The quantitative estimate of drug-likeness (QED) is 0.328. The number of amides is 1. The predicted molar refractivity (Wildman–Crippen MR) is 145 cm³/mol. The molecule has 0 atom stereocenters. The number of aryl methyl sites for hydroxylation is 1. The minimum Gasteiger partial charge on any atom is -0.456 e. The second-order valence-electron chi connectivity index (χ2n) is 9.35. The Hall–Kier alpha value is -2.98. The Labute approximate surface area is 214 Å². The van der Waals surface area contributed by atoms with Crippen molar-refractivity contribution in [3.8, 4) is 11.5 Å². The molecule has 0 aromatic heterocycles. The van der Waals surface area contributed by atoms with Crippen LogP contribution in [0.25, 0.3) is 0 Å². The highest BCUT2D eigenvalue weighted by Gasteiger charge is 2.25. The van der Waals surface area contributed by atoms with Gasteiger partial charge in [-0.3, -0.25) is 4.79 Å². The molecule has 0 aliphatic heterocycles. The highest BCUT2D eigenvalue weighted by Crippen LogP contribution is 2.31. The number of para-hydroxylation sites is 1. The zero-order valence-electron chi connectivity index (χ0n) is 20.7. The van der Waals surface area contributed by atoms with Crippen LogP contribution in [0, 0.1) is 6.92 Å². The summed E-state index contributed by atoms with van der Waals surface area (Å²) in [6.45, 7) is 5.65. The van der Waals surface area contributed by atoms with E-state index in [0.29, 0.717) is 23.4 Å². The molecule has 0 unspecified atom stereocenters. The van der Waals surface area contributed by atoms with Crippen LogP contribution in [0.4, 0.5) is 5.69 Å². The maximum absolute atomic E-state index is 13.4. The molecule has 1 aliphatic rings. The Morgan fingerprint density at radius 1 is 1.03 bits per heavy atom. The lowest BCUT2D eigenvalue weighted by Gasteiger charge is -2.34. The van der Waals surface area contributed by atoms with Gasteiger partial charge < -0.3 is 15.0 Å². The summed E-state index contributed by atoms with van der Waals surface area (Å²) in [5.41, 5.74) is 3.96. The summed E-state index contributed by atoms with van der Waals surface area (Å²) >= 11 is 6.25. The number of hydrogen-bond acceptors (Lipinski definition) is 3. The van der Waals surface area contributed by atoms with Gasteiger partial charge in [0.25, 0.3) is 5.91 Å². The van der Waals surface area contributed by atoms with Crippen molar-refractivity contribution in [2.24, 2.45) is 0 Å². The van der Waals surface area contributed by atoms with Crippen LogP contribution in [0.5, 0.6) is 11.5 Å². The highest BCUT2D eigenvalue weighted by molar-refractivity contribution is 6.32. The lowest BCUT2D eigenvalue weighted by molar-refractivity contribution is 0.0634. The fourth-order valence-electron chi connectivity index (χ4n) is 4.77. The third kappa shape index (κ3) is 6.58. The molecular weight excluding hydrogens is 456 g/mol. The van der Waals surface area contributed by atoms with Crippen LogP contribution in [0.15, 0.2) is 66.7 Å². The van der Waals surface area contributed by atoms with E-state index in [0.717, 1.165) is 53.9 Å². The van der Waals surface area contributed by atoms with Crippen molar-refractivity contribution < 1.29 is 9.53 Å². The van der Waals surface area contributed by atoms with Crippen molar-refractivity contribution in [3.63, 3.8) is 0 Å². The fraction of sp³-hybridized carbons (Fsp3) is 0.367. The normalized spacial score (nSPS) is 13.9. The van der Waals surface area contributed by atoms with Gasteiger partial charge in [0.15, 0.2) is 0 Å². The molecule has 3 aromatic rings. The van der Waals surface area contributed by atoms with Crippen molar-refractivity contribution in [2.45, 2.75) is 65.0 Å². The predicted octanol–water partition coefficient (Wildman–Crippen LogP) is 8.24. The molecule has 1 fully saturated rings. The fourth-order valence-corrected chi connectivity index (χ4v) is 4.94. The van der Waals surface area contributed by atoms with E-state index in [-0.39, 0.29) is 5.91 Å². The number of carbonyl (C=O) groups excluding carboxylic acids is 1. The topological polar surface area (TPSA) is 41.6 Å². The monoisotopic (exact) mass is 490 g/mol. The molecule has 0 saturated heterocycles. The summed E-state index contributed by atoms with van der Waals surface area (Å²) in [6, 6.07) is 21.8. The first-order valence-electron chi connectivity index (χ1n) is 12.7. The number of rotatable bonds is 9. The molecular formula is C30H35ClN2O2. The van der Waals surface area contributed by atoms with Gasteiger partial charge in [0.2, 0.25) is 0 Å². The molecule has 35 heavy (non-hydrogen) atoms. The van der Waals surface area contributed by atoms with Gasteiger partial charge in [0, 0.05) is 36.4 Å². The van der Waals surface area contributed by atoms with E-state index in [4.69, 9.17) is 16.3 Å². The first-order valence-corrected chi connectivity index (χ1v) is 13.1. The molecule has 0 radical (unpaired) electrons. The molecule has 1 N–H and O–H groups in total. The first-order chi connectivity index (χ1) is 17.0. The second-order valence-corrected chi connectivity index (χ2v) is 9.76. The zero-order valence-corrected chi connectivity index (χ0v) is 21.5. The molecule has 0 heterocycles. The average Bonchev–Trinajstić information content (AvgIpc) is 2.89. The van der Waals surface area contributed by atoms with E-state index in [1.165, 1.54) is 19.3 Å². The van der Waals surface area contributed by atoms with Crippen LogP contribution >= 0.6 is 11.6 Å². The summed E-state index contributed by atoms with van der Waals surface area (Å²) in [5, 5.41) is 4.09. The van der Waals surface area contributed by atoms with Gasteiger partial charge in [-0.25, -0.2) is 0 Å². The minimum atomic E-state index is 0.159. The largest absolute Gasteiger partial charge is 0.456 e. The maximum Gasteiger partial charge on any atom is 0.254 e. The van der Waals surface area contributed by atoms with Crippen LogP contribution in [-0.4, -0.2) is 23.4 Å². The lowest BCUT2D eigenvalue weighted by Crippen LogP contribution is -2.42. The van der Waals surface area contributed by atoms with E-state index < -0.39 is 0 Å². The average molecular weight is 491 g/mol. The molecule has 4 nitrogen and oxygen atoms in total. The van der Waals surface area contributed by atoms with Crippen molar-refractivity contribution in [1.29, 1.82) is 0 Å². The Kier molecular flexibility index (Phi) is 8.70. The Morgan fingerprint density at radius 3 is 2.60 bits per heavy atom. The van der Waals surface area contributed by atoms with E-state index in [1.54, 1.807) is 0 Å². The smallest absolute Gasteiger partial charge is 0.254 e. The molecule has 3 aromatic carbocycles. The Balaban J connectivity index is 1.45. The number of anilines is 1. The van der Waals surface area contributed by atoms with Crippen LogP contribution in [0.1, 0.15) is 66.9 Å². The number of halogens is 1. The minimum absolute atomic E-state index is 0.159. The first kappa shape index (κ1) is 25.1. The lowest BCUT2D eigenvalue weighted by atomic mass is 9.93.